The Kier molecular flexibility index (Phi) is 1.87. The van der Waals surface area contributed by atoms with Gasteiger partial charge in [0.1, 0.15) is 6.26 Å². The number of aldehydes is 1. The normalized spacial score (nSPS) is 25.5. The third kappa shape index (κ3) is 1.23. The lowest BCUT2D eigenvalue weighted by atomic mass is 9.93. The Bertz CT molecular complexity index is 334. The number of benzene rings is 1. The maximum Gasteiger partial charge on any atom is 0.155 e. The number of nitrogens with one attached hydrogen (secondary N) is 1. The third-order valence-electron chi connectivity index (χ3n) is 2.06. The Morgan fingerprint density at radius 2 is 2.08 bits per heavy atom. The second-order valence-electron chi connectivity index (χ2n) is 2.88. The van der Waals surface area contributed by atoms with Gasteiger partial charge in [0.2, 0.25) is 0 Å². The van der Waals surface area contributed by atoms with Crippen molar-refractivity contribution in [2.75, 3.05) is 0 Å². The van der Waals surface area contributed by atoms with E-state index in [1.807, 2.05) is 30.3 Å². The Morgan fingerprint density at radius 3 is 2.62 bits per heavy atom. The topological polar surface area (TPSA) is 38.3 Å². The molecule has 1 heterocycles. The van der Waals surface area contributed by atoms with Crippen LogP contribution in [0.4, 0.5) is 0 Å². The van der Waals surface area contributed by atoms with Crippen LogP contribution in [0.3, 0.4) is 0 Å². The molecule has 1 aromatic rings. The molecule has 3 heteroatoms. The summed E-state index contributed by atoms with van der Waals surface area (Å²) in [5.41, 5.74) is 2.73. The highest BCUT2D eigenvalue weighted by atomic mass is 16.6. The van der Waals surface area contributed by atoms with Crippen LogP contribution in [0, 0.1) is 0 Å². The summed E-state index contributed by atoms with van der Waals surface area (Å²) >= 11 is 0. The highest BCUT2D eigenvalue weighted by Gasteiger charge is 2.32. The number of rotatable bonds is 2. The minimum Gasteiger partial charge on any atom is -0.415 e. The van der Waals surface area contributed by atoms with Gasteiger partial charge < -0.3 is 9.63 Å². The van der Waals surface area contributed by atoms with Gasteiger partial charge in [-0.25, -0.2) is 0 Å². The van der Waals surface area contributed by atoms with Crippen molar-refractivity contribution in [1.82, 2.24) is 5.48 Å². The van der Waals surface area contributed by atoms with Crippen LogP contribution in [0.2, 0.25) is 0 Å². The van der Waals surface area contributed by atoms with Crippen molar-refractivity contribution in [3.05, 3.63) is 48.2 Å². The molecule has 1 unspecified atom stereocenters. The molecule has 2 rings (SSSR count). The van der Waals surface area contributed by atoms with Crippen LogP contribution in [0.25, 0.3) is 0 Å². The first-order chi connectivity index (χ1) is 6.37. The van der Waals surface area contributed by atoms with E-state index in [9.17, 15) is 4.79 Å². The fraction of sp³-hybridized carbons (Fsp3) is 0.100. The number of hydrogen-bond donors (Lipinski definition) is 1. The fourth-order valence-electron chi connectivity index (χ4n) is 1.31. The van der Waals surface area contributed by atoms with E-state index < -0.39 is 5.54 Å². The van der Waals surface area contributed by atoms with Gasteiger partial charge in [-0.1, -0.05) is 30.3 Å². The predicted molar refractivity (Wildman–Crippen MR) is 47.5 cm³/mol. The lowest BCUT2D eigenvalue weighted by Gasteiger charge is -2.19. The van der Waals surface area contributed by atoms with Crippen LogP contribution in [0.5, 0.6) is 0 Å². The van der Waals surface area contributed by atoms with Crippen LogP contribution < -0.4 is 5.48 Å². The largest absolute Gasteiger partial charge is 0.415 e. The van der Waals surface area contributed by atoms with Crippen molar-refractivity contribution in [1.29, 1.82) is 0 Å². The molecule has 13 heavy (non-hydrogen) atoms. The van der Waals surface area contributed by atoms with E-state index in [4.69, 9.17) is 4.84 Å². The molecule has 0 saturated carbocycles. The zero-order valence-electron chi connectivity index (χ0n) is 6.94. The second kappa shape index (κ2) is 3.03. The summed E-state index contributed by atoms with van der Waals surface area (Å²) in [6.07, 6.45) is 3.99. The van der Waals surface area contributed by atoms with E-state index in [2.05, 4.69) is 5.48 Å². The molecule has 1 aliphatic rings. The molecule has 0 aliphatic carbocycles. The standard InChI is InChI=1S/C10H9NO2/c12-8-10(6-7-13-11-10)9-4-2-1-3-5-9/h1-8,11H. The number of carbonyl (C=O) groups is 1. The molecule has 0 fully saturated rings. The minimum absolute atomic E-state index is 0.804. The van der Waals surface area contributed by atoms with Gasteiger partial charge in [0.15, 0.2) is 11.8 Å². The molecule has 3 nitrogen and oxygen atoms in total. The Labute approximate surface area is 76.0 Å². The lowest BCUT2D eigenvalue weighted by Crippen LogP contribution is -2.37. The van der Waals surface area contributed by atoms with Crippen LogP contribution in [0.1, 0.15) is 5.56 Å². The van der Waals surface area contributed by atoms with E-state index in [-0.39, 0.29) is 0 Å². The molecule has 0 bridgehead atoms. The van der Waals surface area contributed by atoms with Gasteiger partial charge in [0.05, 0.1) is 0 Å². The van der Waals surface area contributed by atoms with Crippen molar-refractivity contribution in [3.8, 4) is 0 Å². The molecule has 0 aromatic heterocycles. The second-order valence-corrected chi connectivity index (χ2v) is 2.88. The van der Waals surface area contributed by atoms with Gasteiger partial charge in [-0.05, 0) is 11.6 Å². The van der Waals surface area contributed by atoms with E-state index in [1.165, 1.54) is 6.26 Å². The summed E-state index contributed by atoms with van der Waals surface area (Å²) in [5, 5.41) is 0. The summed E-state index contributed by atoms with van der Waals surface area (Å²) in [4.78, 5) is 15.8. The molecule has 1 N–H and O–H groups in total. The van der Waals surface area contributed by atoms with Crippen molar-refractivity contribution < 1.29 is 9.63 Å². The molecule has 0 radical (unpaired) electrons. The Balaban J connectivity index is 2.43. The smallest absolute Gasteiger partial charge is 0.155 e. The van der Waals surface area contributed by atoms with Gasteiger partial charge >= 0.3 is 0 Å². The molecule has 66 valence electrons. The van der Waals surface area contributed by atoms with Gasteiger partial charge in [-0.2, -0.15) is 0 Å². The highest BCUT2D eigenvalue weighted by molar-refractivity contribution is 5.71. The quantitative estimate of drug-likeness (QED) is 0.685. The SMILES string of the molecule is O=CC1(c2ccccc2)C=CON1. The van der Waals surface area contributed by atoms with Crippen molar-refractivity contribution in [2.24, 2.45) is 0 Å². The minimum atomic E-state index is -0.804. The number of carbonyl (C=O) groups excluding carboxylic acids is 1. The maximum absolute atomic E-state index is 10.9. The molecule has 0 amide bonds. The molecular formula is C10H9NO2. The van der Waals surface area contributed by atoms with Gasteiger partial charge in [-0.3, -0.25) is 0 Å². The van der Waals surface area contributed by atoms with Crippen molar-refractivity contribution in [2.45, 2.75) is 5.54 Å². The van der Waals surface area contributed by atoms with Crippen LogP contribution in [-0.2, 0) is 15.2 Å². The van der Waals surface area contributed by atoms with E-state index in [1.54, 1.807) is 6.08 Å². The third-order valence-corrected chi connectivity index (χ3v) is 2.06. The summed E-state index contributed by atoms with van der Waals surface area (Å²) in [7, 11) is 0. The molecule has 0 spiro atoms. The van der Waals surface area contributed by atoms with Crippen LogP contribution in [0.15, 0.2) is 42.7 Å². The first-order valence-electron chi connectivity index (χ1n) is 4.00. The zero-order chi connectivity index (χ0) is 9.15. The van der Waals surface area contributed by atoms with Crippen molar-refractivity contribution >= 4 is 6.29 Å². The highest BCUT2D eigenvalue weighted by Crippen LogP contribution is 2.23. The number of hydrogen-bond acceptors (Lipinski definition) is 3. The zero-order valence-corrected chi connectivity index (χ0v) is 6.94. The number of hydroxylamine groups is 1. The van der Waals surface area contributed by atoms with E-state index in [0.717, 1.165) is 11.8 Å². The van der Waals surface area contributed by atoms with Gasteiger partial charge in [0.25, 0.3) is 0 Å². The molecule has 1 atom stereocenters. The average molecular weight is 175 g/mol. The van der Waals surface area contributed by atoms with Crippen LogP contribution >= 0.6 is 0 Å². The van der Waals surface area contributed by atoms with Gasteiger partial charge in [0, 0.05) is 0 Å². The first kappa shape index (κ1) is 8.01. The summed E-state index contributed by atoms with van der Waals surface area (Å²) in [5.74, 6) is 0. The van der Waals surface area contributed by atoms with Gasteiger partial charge in [-0.15, -0.1) is 5.48 Å². The van der Waals surface area contributed by atoms with E-state index in [0.29, 0.717) is 0 Å². The molecule has 1 aliphatic heterocycles. The molecule has 0 saturated heterocycles. The van der Waals surface area contributed by atoms with Crippen molar-refractivity contribution in [3.63, 3.8) is 0 Å². The summed E-state index contributed by atoms with van der Waals surface area (Å²) in [6.45, 7) is 0. The van der Waals surface area contributed by atoms with E-state index >= 15 is 0 Å². The maximum atomic E-state index is 10.9. The average Bonchev–Trinajstić information content (AvgIpc) is 2.69. The fourth-order valence-corrected chi connectivity index (χ4v) is 1.31. The Hall–Kier alpha value is -1.61. The summed E-state index contributed by atoms with van der Waals surface area (Å²) in [6, 6.07) is 9.42. The lowest BCUT2D eigenvalue weighted by molar-refractivity contribution is -0.114. The first-order valence-corrected chi connectivity index (χ1v) is 4.00. The van der Waals surface area contributed by atoms with Crippen LogP contribution in [-0.4, -0.2) is 6.29 Å². The Morgan fingerprint density at radius 1 is 1.31 bits per heavy atom. The summed E-state index contributed by atoms with van der Waals surface area (Å²) < 4.78 is 0. The monoisotopic (exact) mass is 175 g/mol. The predicted octanol–water partition coefficient (Wildman–Crippen LogP) is 1.13. The molecule has 1 aromatic carbocycles. The molecular weight excluding hydrogens is 166 g/mol.